The highest BCUT2D eigenvalue weighted by Gasteiger charge is 2.25. The number of rotatable bonds is 4. The third-order valence-corrected chi connectivity index (χ3v) is 3.23. The summed E-state index contributed by atoms with van der Waals surface area (Å²) in [6, 6.07) is 9.06. The van der Waals surface area contributed by atoms with Crippen LogP contribution in [0.15, 0.2) is 30.3 Å². The molecule has 1 aromatic carbocycles. The lowest BCUT2D eigenvalue weighted by atomic mass is 10.0. The van der Waals surface area contributed by atoms with Crippen molar-refractivity contribution in [3.8, 4) is 11.4 Å². The van der Waals surface area contributed by atoms with Crippen LogP contribution in [0.3, 0.4) is 0 Å². The summed E-state index contributed by atoms with van der Waals surface area (Å²) in [5.41, 5.74) is 6.39. The van der Waals surface area contributed by atoms with E-state index in [1.54, 1.807) is 4.57 Å². The fourth-order valence-electron chi connectivity index (χ4n) is 2.11. The quantitative estimate of drug-likeness (QED) is 0.841. The smallest absolute Gasteiger partial charge is 0.240 e. The zero-order valence-corrected chi connectivity index (χ0v) is 11.6. The monoisotopic (exact) mass is 276 g/mol. The lowest BCUT2D eigenvalue weighted by molar-refractivity contribution is -0.122. The van der Waals surface area contributed by atoms with Gasteiger partial charge < -0.3 is 5.73 Å². The van der Waals surface area contributed by atoms with E-state index in [4.69, 9.17) is 18.0 Å². The minimum atomic E-state index is -0.513. The number of hydrogen-bond donors (Lipinski definition) is 2. The molecule has 1 atom stereocenters. The summed E-state index contributed by atoms with van der Waals surface area (Å²) in [6.45, 7) is 3.86. The van der Waals surface area contributed by atoms with E-state index in [-0.39, 0.29) is 5.92 Å². The Kier molecular flexibility index (Phi) is 3.80. The maximum atomic E-state index is 11.7. The number of carbonyl (C=O) groups is 1. The average molecular weight is 276 g/mol. The molecule has 1 unspecified atom stereocenters. The van der Waals surface area contributed by atoms with Crippen molar-refractivity contribution in [3.63, 3.8) is 0 Å². The molecule has 1 aromatic heterocycles. The van der Waals surface area contributed by atoms with Crippen LogP contribution in [0.5, 0.6) is 0 Å². The predicted octanol–water partition coefficient (Wildman–Crippen LogP) is 2.29. The van der Waals surface area contributed by atoms with Crippen LogP contribution >= 0.6 is 12.2 Å². The molecule has 1 heterocycles. The molecule has 1 amide bonds. The predicted molar refractivity (Wildman–Crippen MR) is 75.9 cm³/mol. The van der Waals surface area contributed by atoms with Gasteiger partial charge in [-0.05, 0) is 18.1 Å². The highest BCUT2D eigenvalue weighted by atomic mass is 32.1. The van der Waals surface area contributed by atoms with Crippen molar-refractivity contribution in [1.29, 1.82) is 0 Å². The molecule has 3 N–H and O–H groups in total. The maximum Gasteiger partial charge on any atom is 0.240 e. The number of nitrogens with zero attached hydrogens (tertiary/aromatic N) is 2. The summed E-state index contributed by atoms with van der Waals surface area (Å²) in [6.07, 6.45) is 0. The number of primary amides is 1. The standard InChI is InChI=1S/C13H16N4OS/c1-8(2)10(11(14)18)17-12(15-16-13(17)19)9-6-4-3-5-7-9/h3-8,10H,1-2H3,(H2,14,18)(H,16,19). The zero-order valence-electron chi connectivity index (χ0n) is 10.8. The van der Waals surface area contributed by atoms with Gasteiger partial charge in [0.2, 0.25) is 5.91 Å². The molecule has 0 aliphatic carbocycles. The molecule has 0 spiro atoms. The molecular weight excluding hydrogens is 260 g/mol. The van der Waals surface area contributed by atoms with Crippen molar-refractivity contribution in [1.82, 2.24) is 14.8 Å². The lowest BCUT2D eigenvalue weighted by Gasteiger charge is -2.20. The van der Waals surface area contributed by atoms with Crippen molar-refractivity contribution >= 4 is 18.1 Å². The molecule has 5 nitrogen and oxygen atoms in total. The number of aromatic nitrogens is 3. The second kappa shape index (κ2) is 5.36. The van der Waals surface area contributed by atoms with Gasteiger partial charge in [-0.3, -0.25) is 14.5 Å². The van der Waals surface area contributed by atoms with Crippen molar-refractivity contribution in [3.05, 3.63) is 35.1 Å². The van der Waals surface area contributed by atoms with Crippen LogP contribution in [-0.2, 0) is 4.79 Å². The number of amides is 1. The molecule has 2 aromatic rings. The van der Waals surface area contributed by atoms with Crippen molar-refractivity contribution in [2.45, 2.75) is 19.9 Å². The van der Waals surface area contributed by atoms with E-state index in [1.165, 1.54) is 0 Å². The number of hydrogen-bond acceptors (Lipinski definition) is 3. The zero-order chi connectivity index (χ0) is 14.0. The van der Waals surface area contributed by atoms with Gasteiger partial charge in [-0.25, -0.2) is 0 Å². The number of H-pyrrole nitrogens is 1. The van der Waals surface area contributed by atoms with Crippen molar-refractivity contribution in [2.24, 2.45) is 11.7 Å². The van der Waals surface area contributed by atoms with Crippen LogP contribution in [0.4, 0.5) is 0 Å². The summed E-state index contributed by atoms with van der Waals surface area (Å²) in [7, 11) is 0. The number of benzene rings is 1. The molecular formula is C13H16N4OS. The summed E-state index contributed by atoms with van der Waals surface area (Å²) in [4.78, 5) is 11.7. The summed E-state index contributed by atoms with van der Waals surface area (Å²) in [5, 5.41) is 6.94. The molecule has 0 radical (unpaired) electrons. The average Bonchev–Trinajstić information content (AvgIpc) is 2.72. The Hall–Kier alpha value is -1.95. The van der Waals surface area contributed by atoms with Crippen LogP contribution in [0, 0.1) is 10.7 Å². The van der Waals surface area contributed by atoms with Crippen LogP contribution in [-0.4, -0.2) is 20.7 Å². The Morgan fingerprint density at radius 1 is 1.37 bits per heavy atom. The molecule has 2 rings (SSSR count). The van der Waals surface area contributed by atoms with Crippen LogP contribution in [0.1, 0.15) is 19.9 Å². The van der Waals surface area contributed by atoms with E-state index in [2.05, 4.69) is 10.2 Å². The SMILES string of the molecule is CC(C)C(C(N)=O)n1c(-c2ccccc2)n[nH]c1=S. The minimum absolute atomic E-state index is 0.0317. The van der Waals surface area contributed by atoms with Crippen LogP contribution in [0.2, 0.25) is 0 Å². The number of carbonyl (C=O) groups excluding carboxylic acids is 1. The van der Waals surface area contributed by atoms with E-state index in [9.17, 15) is 4.79 Å². The first-order chi connectivity index (χ1) is 9.02. The minimum Gasteiger partial charge on any atom is -0.368 e. The van der Waals surface area contributed by atoms with Gasteiger partial charge in [0.05, 0.1) is 0 Å². The van der Waals surface area contributed by atoms with Crippen LogP contribution in [0.25, 0.3) is 11.4 Å². The number of nitrogens with one attached hydrogen (secondary N) is 1. The normalized spacial score (nSPS) is 12.6. The van der Waals surface area contributed by atoms with Gasteiger partial charge in [0.15, 0.2) is 10.6 Å². The first kappa shape index (κ1) is 13.5. The topological polar surface area (TPSA) is 76.7 Å². The molecule has 0 fully saturated rings. The molecule has 0 aliphatic heterocycles. The van der Waals surface area contributed by atoms with E-state index < -0.39 is 11.9 Å². The Morgan fingerprint density at radius 2 is 2.00 bits per heavy atom. The Balaban J connectivity index is 2.61. The van der Waals surface area contributed by atoms with Gasteiger partial charge in [0.25, 0.3) is 0 Å². The molecule has 0 bridgehead atoms. The van der Waals surface area contributed by atoms with Crippen molar-refractivity contribution in [2.75, 3.05) is 0 Å². The van der Waals surface area contributed by atoms with Gasteiger partial charge in [0, 0.05) is 5.56 Å². The largest absolute Gasteiger partial charge is 0.368 e. The molecule has 0 saturated carbocycles. The van der Waals surface area contributed by atoms with E-state index in [0.29, 0.717) is 10.6 Å². The molecule has 0 aliphatic rings. The highest BCUT2D eigenvalue weighted by molar-refractivity contribution is 7.71. The van der Waals surface area contributed by atoms with Gasteiger partial charge in [-0.15, -0.1) is 0 Å². The molecule has 19 heavy (non-hydrogen) atoms. The Bertz CT molecular complexity index is 630. The fourth-order valence-corrected chi connectivity index (χ4v) is 2.35. The van der Waals surface area contributed by atoms with E-state index >= 15 is 0 Å². The summed E-state index contributed by atoms with van der Waals surface area (Å²) >= 11 is 5.22. The van der Waals surface area contributed by atoms with Gasteiger partial charge in [-0.1, -0.05) is 44.2 Å². The second-order valence-electron chi connectivity index (χ2n) is 4.68. The van der Waals surface area contributed by atoms with E-state index in [1.807, 2.05) is 44.2 Å². The lowest BCUT2D eigenvalue weighted by Crippen LogP contribution is -2.31. The Labute approximate surface area is 116 Å². The maximum absolute atomic E-state index is 11.7. The van der Waals surface area contributed by atoms with Gasteiger partial charge in [-0.2, -0.15) is 5.10 Å². The first-order valence-corrected chi connectivity index (χ1v) is 6.45. The highest BCUT2D eigenvalue weighted by Crippen LogP contribution is 2.25. The molecule has 100 valence electrons. The van der Waals surface area contributed by atoms with Gasteiger partial charge in [0.1, 0.15) is 6.04 Å². The second-order valence-corrected chi connectivity index (χ2v) is 5.07. The third kappa shape index (κ3) is 2.58. The third-order valence-electron chi connectivity index (χ3n) is 2.94. The van der Waals surface area contributed by atoms with Gasteiger partial charge >= 0.3 is 0 Å². The molecule has 6 heteroatoms. The first-order valence-electron chi connectivity index (χ1n) is 6.04. The summed E-state index contributed by atoms with van der Waals surface area (Å²) < 4.78 is 2.09. The molecule has 0 saturated heterocycles. The Morgan fingerprint density at radius 3 is 2.53 bits per heavy atom. The van der Waals surface area contributed by atoms with E-state index in [0.717, 1.165) is 5.56 Å². The fraction of sp³-hybridized carbons (Fsp3) is 0.308. The number of aromatic amines is 1. The number of nitrogens with two attached hydrogens (primary N) is 1. The summed E-state index contributed by atoms with van der Waals surface area (Å²) in [5.74, 6) is 0.247. The van der Waals surface area contributed by atoms with Crippen LogP contribution < -0.4 is 5.73 Å². The van der Waals surface area contributed by atoms with Crippen molar-refractivity contribution < 1.29 is 4.79 Å².